The van der Waals surface area contributed by atoms with Crippen molar-refractivity contribution in [3.63, 3.8) is 0 Å². The lowest BCUT2D eigenvalue weighted by Gasteiger charge is -2.13. The normalized spacial score (nSPS) is 11.4. The molecule has 1 amide bonds. The molecule has 0 aliphatic carbocycles. The minimum atomic E-state index is -0.121. The first-order chi connectivity index (χ1) is 9.06. The Morgan fingerprint density at radius 3 is 2.84 bits per heavy atom. The molecule has 0 bridgehead atoms. The van der Waals surface area contributed by atoms with Crippen molar-refractivity contribution in [2.45, 2.75) is 19.9 Å². The van der Waals surface area contributed by atoms with Gasteiger partial charge in [-0.25, -0.2) is 0 Å². The molecule has 0 aliphatic heterocycles. The molecule has 3 N–H and O–H groups in total. The SMILES string of the molecule is COCC(C)NC(=O)c1cc(C)cc(C#CCN)c1. The van der Waals surface area contributed by atoms with E-state index in [4.69, 9.17) is 10.5 Å². The fraction of sp³-hybridized carbons (Fsp3) is 0.400. The van der Waals surface area contributed by atoms with E-state index >= 15 is 0 Å². The molecular weight excluding hydrogens is 240 g/mol. The van der Waals surface area contributed by atoms with E-state index in [9.17, 15) is 4.79 Å². The first-order valence-electron chi connectivity index (χ1n) is 6.17. The third-order valence-corrected chi connectivity index (χ3v) is 2.47. The highest BCUT2D eigenvalue weighted by atomic mass is 16.5. The number of hydrogen-bond acceptors (Lipinski definition) is 3. The van der Waals surface area contributed by atoms with Crippen LogP contribution in [0.1, 0.15) is 28.4 Å². The van der Waals surface area contributed by atoms with E-state index in [1.54, 1.807) is 13.2 Å². The minimum absolute atomic E-state index is 0.0309. The van der Waals surface area contributed by atoms with Crippen molar-refractivity contribution in [2.75, 3.05) is 20.3 Å². The summed E-state index contributed by atoms with van der Waals surface area (Å²) in [6.07, 6.45) is 0. The average molecular weight is 260 g/mol. The van der Waals surface area contributed by atoms with Gasteiger partial charge in [0.05, 0.1) is 13.2 Å². The Labute approximate surface area is 114 Å². The highest BCUT2D eigenvalue weighted by Crippen LogP contribution is 2.09. The van der Waals surface area contributed by atoms with Crippen LogP contribution in [0.5, 0.6) is 0 Å². The Morgan fingerprint density at radius 1 is 1.47 bits per heavy atom. The Morgan fingerprint density at radius 2 is 2.21 bits per heavy atom. The number of carbonyl (C=O) groups excluding carboxylic acids is 1. The fourth-order valence-electron chi connectivity index (χ4n) is 1.74. The van der Waals surface area contributed by atoms with E-state index in [1.807, 2.05) is 26.0 Å². The molecule has 1 aromatic rings. The van der Waals surface area contributed by atoms with E-state index in [2.05, 4.69) is 17.2 Å². The Bertz CT molecular complexity index is 501. The molecule has 19 heavy (non-hydrogen) atoms. The number of methoxy groups -OCH3 is 1. The second-order valence-electron chi connectivity index (χ2n) is 4.42. The zero-order valence-electron chi connectivity index (χ0n) is 11.6. The van der Waals surface area contributed by atoms with Gasteiger partial charge in [0.2, 0.25) is 0 Å². The van der Waals surface area contributed by atoms with Crippen molar-refractivity contribution >= 4 is 5.91 Å². The zero-order valence-corrected chi connectivity index (χ0v) is 11.6. The largest absolute Gasteiger partial charge is 0.383 e. The van der Waals surface area contributed by atoms with Crippen LogP contribution in [0.3, 0.4) is 0 Å². The Kier molecular flexibility index (Phi) is 6.07. The molecule has 0 aliphatic rings. The molecule has 0 radical (unpaired) electrons. The van der Waals surface area contributed by atoms with Gasteiger partial charge in [0.1, 0.15) is 0 Å². The monoisotopic (exact) mass is 260 g/mol. The number of nitrogens with one attached hydrogen (secondary N) is 1. The molecule has 0 saturated heterocycles. The maximum Gasteiger partial charge on any atom is 0.251 e. The highest BCUT2D eigenvalue weighted by Gasteiger charge is 2.10. The van der Waals surface area contributed by atoms with Crippen LogP contribution in [0.15, 0.2) is 18.2 Å². The smallest absolute Gasteiger partial charge is 0.251 e. The van der Waals surface area contributed by atoms with Gasteiger partial charge < -0.3 is 15.8 Å². The lowest BCUT2D eigenvalue weighted by molar-refractivity contribution is 0.0905. The van der Waals surface area contributed by atoms with E-state index in [0.29, 0.717) is 18.7 Å². The van der Waals surface area contributed by atoms with Gasteiger partial charge in [-0.15, -0.1) is 0 Å². The zero-order chi connectivity index (χ0) is 14.3. The van der Waals surface area contributed by atoms with E-state index in [-0.39, 0.29) is 11.9 Å². The first-order valence-corrected chi connectivity index (χ1v) is 6.17. The molecular formula is C15H20N2O2. The minimum Gasteiger partial charge on any atom is -0.383 e. The first kappa shape index (κ1) is 15.2. The van der Waals surface area contributed by atoms with Crippen LogP contribution in [0, 0.1) is 18.8 Å². The van der Waals surface area contributed by atoms with Crippen LogP contribution in [0.2, 0.25) is 0 Å². The van der Waals surface area contributed by atoms with E-state index < -0.39 is 0 Å². The van der Waals surface area contributed by atoms with Crippen molar-refractivity contribution in [1.82, 2.24) is 5.32 Å². The lowest BCUT2D eigenvalue weighted by Crippen LogP contribution is -2.35. The Hall–Kier alpha value is -1.83. The molecule has 1 unspecified atom stereocenters. The highest BCUT2D eigenvalue weighted by molar-refractivity contribution is 5.95. The van der Waals surface area contributed by atoms with Gasteiger partial charge >= 0.3 is 0 Å². The van der Waals surface area contributed by atoms with Gasteiger partial charge in [0.25, 0.3) is 5.91 Å². The van der Waals surface area contributed by atoms with Crippen molar-refractivity contribution in [3.05, 3.63) is 34.9 Å². The number of ether oxygens (including phenoxy) is 1. The van der Waals surface area contributed by atoms with Gasteiger partial charge in [-0.2, -0.15) is 0 Å². The summed E-state index contributed by atoms with van der Waals surface area (Å²) in [7, 11) is 1.61. The Balaban J connectivity index is 2.87. The molecule has 0 spiro atoms. The molecule has 0 fully saturated rings. The topological polar surface area (TPSA) is 64.3 Å². The molecule has 1 aromatic carbocycles. The maximum atomic E-state index is 12.1. The maximum absolute atomic E-state index is 12.1. The third kappa shape index (κ3) is 5.12. The van der Waals surface area contributed by atoms with Gasteiger partial charge in [-0.3, -0.25) is 4.79 Å². The third-order valence-electron chi connectivity index (χ3n) is 2.47. The summed E-state index contributed by atoms with van der Waals surface area (Å²) in [5.74, 6) is 5.60. The number of carbonyl (C=O) groups is 1. The predicted molar refractivity (Wildman–Crippen MR) is 75.9 cm³/mol. The summed E-state index contributed by atoms with van der Waals surface area (Å²) < 4.78 is 4.99. The average Bonchev–Trinajstić information content (AvgIpc) is 2.36. The lowest BCUT2D eigenvalue weighted by atomic mass is 10.1. The summed E-state index contributed by atoms with van der Waals surface area (Å²) in [6.45, 7) is 4.62. The molecule has 4 nitrogen and oxygen atoms in total. The number of amides is 1. The number of benzene rings is 1. The molecule has 1 rings (SSSR count). The predicted octanol–water partition coefficient (Wildman–Crippen LogP) is 1.07. The van der Waals surface area contributed by atoms with Gasteiger partial charge in [0, 0.05) is 24.3 Å². The van der Waals surface area contributed by atoms with E-state index in [1.165, 1.54) is 0 Å². The van der Waals surface area contributed by atoms with Crippen LogP contribution < -0.4 is 11.1 Å². The second kappa shape index (κ2) is 7.57. The summed E-state index contributed by atoms with van der Waals surface area (Å²) in [4.78, 5) is 12.1. The molecule has 0 heterocycles. The quantitative estimate of drug-likeness (QED) is 0.796. The summed E-state index contributed by atoms with van der Waals surface area (Å²) >= 11 is 0. The van der Waals surface area contributed by atoms with Crippen LogP contribution in [0.25, 0.3) is 0 Å². The van der Waals surface area contributed by atoms with Crippen LogP contribution in [-0.4, -0.2) is 32.2 Å². The summed E-state index contributed by atoms with van der Waals surface area (Å²) in [5.41, 5.74) is 7.74. The summed E-state index contributed by atoms with van der Waals surface area (Å²) in [5, 5.41) is 2.87. The van der Waals surface area contributed by atoms with Crippen LogP contribution in [0.4, 0.5) is 0 Å². The van der Waals surface area contributed by atoms with Crippen LogP contribution in [-0.2, 0) is 4.74 Å². The van der Waals surface area contributed by atoms with Gasteiger partial charge in [-0.1, -0.05) is 11.8 Å². The standard InChI is InChI=1S/C15H20N2O2/c1-11-7-13(5-4-6-16)9-14(8-11)15(18)17-12(2)10-19-3/h7-9,12H,6,10,16H2,1-3H3,(H,17,18). The van der Waals surface area contributed by atoms with Crippen molar-refractivity contribution in [2.24, 2.45) is 5.73 Å². The molecule has 0 saturated carbocycles. The van der Waals surface area contributed by atoms with Crippen molar-refractivity contribution in [3.8, 4) is 11.8 Å². The van der Waals surface area contributed by atoms with Crippen LogP contribution >= 0.6 is 0 Å². The van der Waals surface area contributed by atoms with E-state index in [0.717, 1.165) is 11.1 Å². The van der Waals surface area contributed by atoms with Gasteiger partial charge in [-0.05, 0) is 37.6 Å². The number of rotatable bonds is 4. The molecule has 4 heteroatoms. The molecule has 1 atom stereocenters. The fourth-order valence-corrected chi connectivity index (χ4v) is 1.74. The van der Waals surface area contributed by atoms with Crippen molar-refractivity contribution in [1.29, 1.82) is 0 Å². The number of aryl methyl sites for hydroxylation is 1. The van der Waals surface area contributed by atoms with Crippen molar-refractivity contribution < 1.29 is 9.53 Å². The summed E-state index contributed by atoms with van der Waals surface area (Å²) in [6, 6.07) is 5.50. The van der Waals surface area contributed by atoms with Gasteiger partial charge in [0.15, 0.2) is 0 Å². The molecule has 102 valence electrons. The number of nitrogens with two attached hydrogens (primary N) is 1. The second-order valence-corrected chi connectivity index (χ2v) is 4.42. The molecule has 0 aromatic heterocycles. The number of hydrogen-bond donors (Lipinski definition) is 2.